The first-order valence-electron chi connectivity index (χ1n) is 6.54. The van der Waals surface area contributed by atoms with Crippen LogP contribution in [0.2, 0.25) is 0 Å². The quantitative estimate of drug-likeness (QED) is 0.736. The normalized spacial score (nSPS) is 11.7. The summed E-state index contributed by atoms with van der Waals surface area (Å²) < 4.78 is 4.81. The third kappa shape index (κ3) is 5.83. The zero-order valence-corrected chi connectivity index (χ0v) is 11.6. The zero-order valence-electron chi connectivity index (χ0n) is 11.6. The first-order chi connectivity index (χ1) is 9.67. The smallest absolute Gasteiger partial charge is 0.224 e. The molecule has 1 amide bonds. The summed E-state index contributed by atoms with van der Waals surface area (Å²) in [6, 6.07) is 9.51. The van der Waals surface area contributed by atoms with Gasteiger partial charge in [0, 0.05) is 13.7 Å². The molecule has 1 rings (SSSR count). The molecule has 1 atom stereocenters. The minimum Gasteiger partial charge on any atom is -0.391 e. The molecule has 0 bridgehead atoms. The SMILES string of the molecule is COCC(O)CCNC(=O)Cc1ccccc1CC#N. The molecular weight excluding hydrogens is 256 g/mol. The highest BCUT2D eigenvalue weighted by Gasteiger charge is 2.08. The van der Waals surface area contributed by atoms with Crippen LogP contribution in [-0.2, 0) is 22.4 Å². The average molecular weight is 276 g/mol. The lowest BCUT2D eigenvalue weighted by Crippen LogP contribution is -2.29. The summed E-state index contributed by atoms with van der Waals surface area (Å²) in [5, 5.41) is 20.9. The minimum absolute atomic E-state index is 0.111. The van der Waals surface area contributed by atoms with Crippen LogP contribution in [0.15, 0.2) is 24.3 Å². The Morgan fingerprint density at radius 2 is 2.15 bits per heavy atom. The number of methoxy groups -OCH3 is 1. The maximum Gasteiger partial charge on any atom is 0.224 e. The van der Waals surface area contributed by atoms with Crippen molar-refractivity contribution in [1.82, 2.24) is 5.32 Å². The lowest BCUT2D eigenvalue weighted by atomic mass is 10.0. The van der Waals surface area contributed by atoms with E-state index in [-0.39, 0.29) is 18.9 Å². The Morgan fingerprint density at radius 1 is 1.45 bits per heavy atom. The summed E-state index contributed by atoms with van der Waals surface area (Å²) in [7, 11) is 1.52. The number of hydrogen-bond donors (Lipinski definition) is 2. The molecule has 0 saturated heterocycles. The Bertz CT molecular complexity index is 468. The van der Waals surface area contributed by atoms with E-state index in [1.165, 1.54) is 7.11 Å². The van der Waals surface area contributed by atoms with E-state index in [2.05, 4.69) is 11.4 Å². The third-order valence-corrected chi connectivity index (χ3v) is 2.90. The van der Waals surface area contributed by atoms with E-state index in [0.717, 1.165) is 11.1 Å². The fourth-order valence-corrected chi connectivity index (χ4v) is 1.88. The van der Waals surface area contributed by atoms with Gasteiger partial charge in [0.15, 0.2) is 0 Å². The van der Waals surface area contributed by atoms with Gasteiger partial charge < -0.3 is 15.2 Å². The van der Waals surface area contributed by atoms with Gasteiger partial charge in [0.25, 0.3) is 0 Å². The Hall–Kier alpha value is -1.90. The van der Waals surface area contributed by atoms with Gasteiger partial charge in [0.1, 0.15) is 0 Å². The van der Waals surface area contributed by atoms with Gasteiger partial charge in [-0.15, -0.1) is 0 Å². The fraction of sp³-hybridized carbons (Fsp3) is 0.467. The molecule has 0 fully saturated rings. The van der Waals surface area contributed by atoms with Gasteiger partial charge in [0.05, 0.1) is 31.6 Å². The Kier molecular flexibility index (Phi) is 7.33. The molecule has 0 spiro atoms. The molecule has 1 unspecified atom stereocenters. The van der Waals surface area contributed by atoms with Gasteiger partial charge in [-0.3, -0.25) is 4.79 Å². The van der Waals surface area contributed by atoms with E-state index in [9.17, 15) is 9.90 Å². The predicted molar refractivity (Wildman–Crippen MR) is 75.0 cm³/mol. The van der Waals surface area contributed by atoms with Crippen molar-refractivity contribution >= 4 is 5.91 Å². The lowest BCUT2D eigenvalue weighted by molar-refractivity contribution is -0.120. The van der Waals surface area contributed by atoms with Gasteiger partial charge in [-0.2, -0.15) is 5.26 Å². The zero-order chi connectivity index (χ0) is 14.8. The van der Waals surface area contributed by atoms with E-state index in [1.807, 2.05) is 24.3 Å². The summed E-state index contributed by atoms with van der Waals surface area (Å²) >= 11 is 0. The molecule has 5 nitrogen and oxygen atoms in total. The molecular formula is C15H20N2O3. The molecule has 108 valence electrons. The summed E-state index contributed by atoms with van der Waals surface area (Å²) in [6.45, 7) is 0.671. The van der Waals surface area contributed by atoms with Crippen LogP contribution >= 0.6 is 0 Å². The van der Waals surface area contributed by atoms with E-state index in [0.29, 0.717) is 19.4 Å². The van der Waals surface area contributed by atoms with Crippen molar-refractivity contribution in [3.63, 3.8) is 0 Å². The number of rotatable bonds is 8. The van der Waals surface area contributed by atoms with E-state index in [4.69, 9.17) is 10.00 Å². The van der Waals surface area contributed by atoms with Crippen LogP contribution in [0.3, 0.4) is 0 Å². The topological polar surface area (TPSA) is 82.3 Å². The van der Waals surface area contributed by atoms with Crippen LogP contribution in [0.1, 0.15) is 17.5 Å². The number of hydrogen-bond acceptors (Lipinski definition) is 4. The third-order valence-electron chi connectivity index (χ3n) is 2.90. The second-order valence-electron chi connectivity index (χ2n) is 4.53. The van der Waals surface area contributed by atoms with E-state index in [1.54, 1.807) is 0 Å². The number of aliphatic hydroxyl groups excluding tert-OH is 1. The van der Waals surface area contributed by atoms with Crippen LogP contribution in [0.5, 0.6) is 0 Å². The molecule has 0 aromatic heterocycles. The number of carbonyl (C=O) groups excluding carboxylic acids is 1. The second-order valence-corrected chi connectivity index (χ2v) is 4.53. The Balaban J connectivity index is 2.41. The summed E-state index contributed by atoms with van der Waals surface area (Å²) in [5.74, 6) is -0.111. The molecule has 2 N–H and O–H groups in total. The molecule has 0 saturated carbocycles. The van der Waals surface area contributed by atoms with Gasteiger partial charge in [-0.25, -0.2) is 0 Å². The number of nitrogens with zero attached hydrogens (tertiary/aromatic N) is 1. The number of nitrogens with one attached hydrogen (secondary N) is 1. The van der Waals surface area contributed by atoms with Crippen molar-refractivity contribution < 1.29 is 14.6 Å². The van der Waals surface area contributed by atoms with E-state index >= 15 is 0 Å². The highest BCUT2D eigenvalue weighted by atomic mass is 16.5. The highest BCUT2D eigenvalue weighted by molar-refractivity contribution is 5.78. The molecule has 20 heavy (non-hydrogen) atoms. The fourth-order valence-electron chi connectivity index (χ4n) is 1.88. The van der Waals surface area contributed by atoms with Gasteiger partial charge in [0.2, 0.25) is 5.91 Å². The summed E-state index contributed by atoms with van der Waals surface area (Å²) in [5.41, 5.74) is 1.74. The molecule has 0 radical (unpaired) electrons. The molecule has 0 aliphatic rings. The number of nitriles is 1. The molecule has 0 heterocycles. The second kappa shape index (κ2) is 9.08. The standard InChI is InChI=1S/C15H20N2O3/c1-20-11-14(18)7-9-17-15(19)10-13-5-3-2-4-12(13)6-8-16/h2-5,14,18H,6-7,9-11H2,1H3,(H,17,19). The van der Waals surface area contributed by atoms with Crippen molar-refractivity contribution in [1.29, 1.82) is 5.26 Å². The highest BCUT2D eigenvalue weighted by Crippen LogP contribution is 2.10. The maximum absolute atomic E-state index is 11.8. The van der Waals surface area contributed by atoms with Crippen molar-refractivity contribution in [2.45, 2.75) is 25.4 Å². The van der Waals surface area contributed by atoms with Crippen molar-refractivity contribution in [2.24, 2.45) is 0 Å². The van der Waals surface area contributed by atoms with E-state index < -0.39 is 6.10 Å². The number of ether oxygens (including phenoxy) is 1. The predicted octanol–water partition coefficient (Wildman–Crippen LogP) is 0.809. The van der Waals surface area contributed by atoms with Crippen LogP contribution in [0, 0.1) is 11.3 Å². The van der Waals surface area contributed by atoms with Crippen molar-refractivity contribution in [3.05, 3.63) is 35.4 Å². The maximum atomic E-state index is 11.8. The Labute approximate surface area is 119 Å². The number of amides is 1. The van der Waals surface area contributed by atoms with Crippen LogP contribution in [-0.4, -0.2) is 37.4 Å². The number of aliphatic hydroxyl groups is 1. The van der Waals surface area contributed by atoms with Crippen molar-refractivity contribution in [2.75, 3.05) is 20.3 Å². The molecule has 1 aromatic carbocycles. The van der Waals surface area contributed by atoms with Gasteiger partial charge >= 0.3 is 0 Å². The lowest BCUT2D eigenvalue weighted by Gasteiger charge is -2.11. The molecule has 0 aliphatic carbocycles. The molecule has 5 heteroatoms. The van der Waals surface area contributed by atoms with Crippen LogP contribution in [0.25, 0.3) is 0 Å². The number of carbonyl (C=O) groups is 1. The summed E-state index contributed by atoms with van der Waals surface area (Å²) in [6.07, 6.45) is 0.444. The van der Waals surface area contributed by atoms with Crippen LogP contribution < -0.4 is 5.32 Å². The first-order valence-corrected chi connectivity index (χ1v) is 6.54. The average Bonchev–Trinajstić information content (AvgIpc) is 2.41. The number of benzene rings is 1. The summed E-state index contributed by atoms with van der Waals surface area (Å²) in [4.78, 5) is 11.8. The minimum atomic E-state index is -0.564. The largest absolute Gasteiger partial charge is 0.391 e. The van der Waals surface area contributed by atoms with Gasteiger partial charge in [-0.1, -0.05) is 24.3 Å². The Morgan fingerprint density at radius 3 is 2.80 bits per heavy atom. The van der Waals surface area contributed by atoms with Gasteiger partial charge in [-0.05, 0) is 17.5 Å². The molecule has 1 aromatic rings. The molecule has 0 aliphatic heterocycles. The first kappa shape index (κ1) is 16.2. The monoisotopic (exact) mass is 276 g/mol. The van der Waals surface area contributed by atoms with Crippen molar-refractivity contribution in [3.8, 4) is 6.07 Å². The van der Waals surface area contributed by atoms with Crippen LogP contribution in [0.4, 0.5) is 0 Å².